The van der Waals surface area contributed by atoms with Gasteiger partial charge >= 0.3 is 0 Å². The summed E-state index contributed by atoms with van der Waals surface area (Å²) < 4.78 is 0. The maximum absolute atomic E-state index is 4.03. The molecule has 1 aliphatic rings. The van der Waals surface area contributed by atoms with Crippen molar-refractivity contribution in [3.05, 3.63) is 96.5 Å². The van der Waals surface area contributed by atoms with Gasteiger partial charge in [0.05, 0.1) is 10.9 Å². The van der Waals surface area contributed by atoms with Crippen LogP contribution < -0.4 is 0 Å². The second kappa shape index (κ2) is 8.92. The molecule has 0 nitrogen and oxygen atoms in total. The highest BCUT2D eigenvalue weighted by atomic mass is 32.2. The van der Waals surface area contributed by atoms with E-state index in [9.17, 15) is 0 Å². The zero-order valence-corrected chi connectivity index (χ0v) is 15.7. The lowest BCUT2D eigenvalue weighted by Crippen LogP contribution is -2.07. The first-order valence-electron chi connectivity index (χ1n) is 9.18. The molecule has 0 spiro atoms. The molecular weight excluding hydrogens is 320 g/mol. The smallest absolute Gasteiger partial charge is 0.0989 e. The van der Waals surface area contributed by atoms with E-state index in [2.05, 4.69) is 73.8 Å². The summed E-state index contributed by atoms with van der Waals surface area (Å²) in [6, 6.07) is 20.0. The van der Waals surface area contributed by atoms with Crippen molar-refractivity contribution in [1.29, 1.82) is 0 Å². The van der Waals surface area contributed by atoms with E-state index in [1.165, 1.54) is 52.4 Å². The van der Waals surface area contributed by atoms with Crippen LogP contribution in [0, 0.1) is 0 Å². The van der Waals surface area contributed by atoms with Crippen LogP contribution >= 0.6 is 0 Å². The lowest BCUT2D eigenvalue weighted by molar-refractivity contribution is 0.443. The highest BCUT2D eigenvalue weighted by Gasteiger charge is 2.29. The van der Waals surface area contributed by atoms with Crippen molar-refractivity contribution < 1.29 is 0 Å². The second-order valence-corrected chi connectivity index (χ2v) is 8.56. The van der Waals surface area contributed by atoms with Crippen LogP contribution in [0.15, 0.2) is 101 Å². The fraction of sp³-hybridized carbons (Fsp3) is 0.250. The van der Waals surface area contributed by atoms with Crippen LogP contribution in [0.2, 0.25) is 0 Å². The highest BCUT2D eigenvalue weighted by Crippen LogP contribution is 2.35. The van der Waals surface area contributed by atoms with Crippen LogP contribution in [0.3, 0.4) is 0 Å². The minimum Gasteiger partial charge on any atom is -0.0989 e. The normalized spacial score (nSPS) is 17.0. The summed E-state index contributed by atoms with van der Waals surface area (Å²) in [6.45, 7) is 7.91. The maximum atomic E-state index is 4.03. The molecule has 0 N–H and O–H groups in total. The Morgan fingerprint density at radius 3 is 2.08 bits per heavy atom. The molecule has 1 heteroatoms. The summed E-state index contributed by atoms with van der Waals surface area (Å²) in [5, 5.41) is 0. The molecule has 1 unspecified atom stereocenters. The molecule has 0 aromatic heterocycles. The van der Waals surface area contributed by atoms with Crippen LogP contribution in [-0.4, -0.2) is 0 Å². The van der Waals surface area contributed by atoms with Crippen molar-refractivity contribution in [3.63, 3.8) is 0 Å². The van der Waals surface area contributed by atoms with E-state index in [4.69, 9.17) is 0 Å². The SMILES string of the molecule is C=C/C=C(\C=C)[S+](c1ccccc1)c1ccc(C2CCCCC2)cc1. The zero-order chi connectivity index (χ0) is 17.5. The number of hydrogen-bond donors (Lipinski definition) is 0. The quantitative estimate of drug-likeness (QED) is 0.389. The summed E-state index contributed by atoms with van der Waals surface area (Å²) in [4.78, 5) is 3.88. The molecule has 3 rings (SSSR count). The lowest BCUT2D eigenvalue weighted by Gasteiger charge is -2.22. The average Bonchev–Trinajstić information content (AvgIpc) is 2.69. The van der Waals surface area contributed by atoms with Crippen LogP contribution in [0.4, 0.5) is 0 Å². The summed E-state index contributed by atoms with van der Waals surface area (Å²) in [5.74, 6) is 0.754. The fourth-order valence-corrected chi connectivity index (χ4v) is 5.67. The minimum atomic E-state index is -0.130. The van der Waals surface area contributed by atoms with Gasteiger partial charge in [0, 0.05) is 0 Å². The van der Waals surface area contributed by atoms with E-state index >= 15 is 0 Å². The Kier molecular flexibility index (Phi) is 6.36. The molecule has 1 aliphatic carbocycles. The zero-order valence-electron chi connectivity index (χ0n) is 14.9. The second-order valence-electron chi connectivity index (χ2n) is 6.53. The number of rotatable bonds is 6. The Bertz CT molecular complexity index is 718. The first-order chi connectivity index (χ1) is 12.3. The van der Waals surface area contributed by atoms with Gasteiger partial charge in [-0.15, -0.1) is 0 Å². The molecule has 1 fully saturated rings. The molecule has 128 valence electrons. The summed E-state index contributed by atoms with van der Waals surface area (Å²) in [6.07, 6.45) is 12.8. The molecule has 0 aliphatic heterocycles. The van der Waals surface area contributed by atoms with Crippen molar-refractivity contribution in [2.75, 3.05) is 0 Å². The topological polar surface area (TPSA) is 0 Å². The van der Waals surface area contributed by atoms with Crippen LogP contribution in [0.1, 0.15) is 43.6 Å². The van der Waals surface area contributed by atoms with E-state index in [-0.39, 0.29) is 10.9 Å². The highest BCUT2D eigenvalue weighted by molar-refractivity contribution is 8.00. The molecule has 0 radical (unpaired) electrons. The largest absolute Gasteiger partial charge is 0.166 e. The molecule has 0 saturated heterocycles. The van der Waals surface area contributed by atoms with Gasteiger partial charge in [-0.2, -0.15) is 0 Å². The molecule has 2 aromatic carbocycles. The maximum Gasteiger partial charge on any atom is 0.166 e. The van der Waals surface area contributed by atoms with Gasteiger partial charge in [-0.3, -0.25) is 0 Å². The van der Waals surface area contributed by atoms with Crippen molar-refractivity contribution in [1.82, 2.24) is 0 Å². The van der Waals surface area contributed by atoms with Crippen molar-refractivity contribution >= 4 is 10.9 Å². The Hall–Kier alpha value is -1.99. The van der Waals surface area contributed by atoms with E-state index < -0.39 is 0 Å². The number of hydrogen-bond acceptors (Lipinski definition) is 0. The third kappa shape index (κ3) is 4.35. The molecule has 0 heterocycles. The lowest BCUT2D eigenvalue weighted by atomic mass is 9.84. The standard InChI is InChI=1S/C24H27S/c1-3-11-22(4-2)25(23-14-9-6-10-15-23)24-18-16-21(17-19-24)20-12-7-5-8-13-20/h3-4,6,9-11,14-20H,1-2,5,7-8,12-13H2/q+1/b22-11+. The van der Waals surface area contributed by atoms with Crippen molar-refractivity contribution in [2.24, 2.45) is 0 Å². The Morgan fingerprint density at radius 2 is 1.48 bits per heavy atom. The van der Waals surface area contributed by atoms with Crippen molar-refractivity contribution in [2.45, 2.75) is 47.8 Å². The Labute approximate surface area is 155 Å². The molecule has 2 aromatic rings. The van der Waals surface area contributed by atoms with Crippen molar-refractivity contribution in [3.8, 4) is 0 Å². The summed E-state index contributed by atoms with van der Waals surface area (Å²) in [5.41, 5.74) is 1.51. The summed E-state index contributed by atoms with van der Waals surface area (Å²) in [7, 11) is -0.130. The molecule has 0 bridgehead atoms. The van der Waals surface area contributed by atoms with Gasteiger partial charge in [-0.1, -0.05) is 68.8 Å². The third-order valence-corrected chi connectivity index (χ3v) is 7.15. The fourth-order valence-electron chi connectivity index (χ4n) is 3.61. The third-order valence-electron chi connectivity index (χ3n) is 4.89. The van der Waals surface area contributed by atoms with Gasteiger partial charge in [0.2, 0.25) is 0 Å². The van der Waals surface area contributed by atoms with Gasteiger partial charge in [0.25, 0.3) is 0 Å². The molecular formula is C24H27S+. The summed E-state index contributed by atoms with van der Waals surface area (Å²) >= 11 is 0. The first-order valence-corrected chi connectivity index (χ1v) is 10.4. The van der Waals surface area contributed by atoms with Gasteiger partial charge in [-0.25, -0.2) is 0 Å². The predicted molar refractivity (Wildman–Crippen MR) is 111 cm³/mol. The van der Waals surface area contributed by atoms with Gasteiger partial charge < -0.3 is 0 Å². The first kappa shape index (κ1) is 17.8. The van der Waals surface area contributed by atoms with Gasteiger partial charge in [0.1, 0.15) is 0 Å². The monoisotopic (exact) mass is 347 g/mol. The Morgan fingerprint density at radius 1 is 0.840 bits per heavy atom. The molecule has 1 saturated carbocycles. The number of benzene rings is 2. The predicted octanol–water partition coefficient (Wildman–Crippen LogP) is 7.03. The van der Waals surface area contributed by atoms with E-state index in [0.29, 0.717) is 0 Å². The molecule has 0 amide bonds. The van der Waals surface area contributed by atoms with Crippen LogP contribution in [0.5, 0.6) is 0 Å². The minimum absolute atomic E-state index is 0.130. The van der Waals surface area contributed by atoms with Crippen LogP contribution in [-0.2, 0) is 10.9 Å². The van der Waals surface area contributed by atoms with Gasteiger partial charge in [-0.05, 0) is 60.7 Å². The van der Waals surface area contributed by atoms with E-state index in [1.807, 2.05) is 12.2 Å². The Balaban J connectivity index is 1.94. The van der Waals surface area contributed by atoms with E-state index in [0.717, 1.165) is 5.92 Å². The van der Waals surface area contributed by atoms with E-state index in [1.54, 1.807) is 0 Å². The van der Waals surface area contributed by atoms with Gasteiger partial charge in [0.15, 0.2) is 14.7 Å². The van der Waals surface area contributed by atoms with Crippen LogP contribution in [0.25, 0.3) is 0 Å². The average molecular weight is 348 g/mol. The molecule has 1 atom stereocenters. The number of allylic oxidation sites excluding steroid dienone is 3. The molecule has 25 heavy (non-hydrogen) atoms.